The highest BCUT2D eigenvalue weighted by Gasteiger charge is 2.27. The Labute approximate surface area is 109 Å². The molecule has 0 aromatic carbocycles. The van der Waals surface area contributed by atoms with Gasteiger partial charge in [-0.1, -0.05) is 26.2 Å². The number of aliphatic hydroxyl groups excluding tert-OH is 1. The summed E-state index contributed by atoms with van der Waals surface area (Å²) >= 11 is 0. The van der Waals surface area contributed by atoms with E-state index in [-0.39, 0.29) is 6.10 Å². The van der Waals surface area contributed by atoms with Gasteiger partial charge in [0.1, 0.15) is 12.2 Å². The van der Waals surface area contributed by atoms with Crippen LogP contribution in [0.2, 0.25) is 0 Å². The van der Waals surface area contributed by atoms with Crippen LogP contribution in [0.15, 0.2) is 6.33 Å². The third-order valence-corrected chi connectivity index (χ3v) is 4.33. The van der Waals surface area contributed by atoms with Crippen molar-refractivity contribution in [3.8, 4) is 0 Å². The van der Waals surface area contributed by atoms with Crippen molar-refractivity contribution in [1.82, 2.24) is 14.8 Å². The molecule has 0 saturated heterocycles. The number of hydrogen-bond donors (Lipinski definition) is 1. The third kappa shape index (κ3) is 3.10. The Kier molecular flexibility index (Phi) is 4.75. The average Bonchev–Trinajstić information content (AvgIpc) is 2.86. The first-order valence-electron chi connectivity index (χ1n) is 7.29. The van der Waals surface area contributed by atoms with Crippen LogP contribution in [0.3, 0.4) is 0 Å². The smallest absolute Gasteiger partial charge is 0.138 e. The average molecular weight is 251 g/mol. The Balaban J connectivity index is 1.93. The largest absolute Gasteiger partial charge is 0.392 e. The van der Waals surface area contributed by atoms with Crippen molar-refractivity contribution >= 4 is 0 Å². The van der Waals surface area contributed by atoms with E-state index in [0.29, 0.717) is 12.3 Å². The molecule has 0 bridgehead atoms. The molecule has 1 aromatic rings. The maximum Gasteiger partial charge on any atom is 0.138 e. The number of hydrogen-bond acceptors (Lipinski definition) is 3. The molecule has 3 unspecified atom stereocenters. The molecule has 1 N–H and O–H groups in total. The van der Waals surface area contributed by atoms with Crippen molar-refractivity contribution in [3.63, 3.8) is 0 Å². The highest BCUT2D eigenvalue weighted by Crippen LogP contribution is 2.33. The molecule has 1 fully saturated rings. The summed E-state index contributed by atoms with van der Waals surface area (Å²) in [4.78, 5) is 4.25. The van der Waals surface area contributed by atoms with E-state index in [2.05, 4.69) is 23.9 Å². The van der Waals surface area contributed by atoms with Crippen LogP contribution >= 0.6 is 0 Å². The third-order valence-electron chi connectivity index (χ3n) is 4.33. The Morgan fingerprint density at radius 1 is 1.44 bits per heavy atom. The lowest BCUT2D eigenvalue weighted by Gasteiger charge is -2.31. The fraction of sp³-hybridized carbons (Fsp3) is 0.857. The molecule has 2 rings (SSSR count). The minimum absolute atomic E-state index is 0.256. The minimum atomic E-state index is -0.256. The second-order valence-corrected chi connectivity index (χ2v) is 5.46. The molecule has 1 heterocycles. The van der Waals surface area contributed by atoms with E-state index in [1.807, 2.05) is 4.68 Å². The highest BCUT2D eigenvalue weighted by atomic mass is 16.3. The number of aryl methyl sites for hydroxylation is 1. The fourth-order valence-electron chi connectivity index (χ4n) is 3.12. The van der Waals surface area contributed by atoms with E-state index in [1.165, 1.54) is 25.7 Å². The summed E-state index contributed by atoms with van der Waals surface area (Å²) in [6.07, 6.45) is 8.17. The summed E-state index contributed by atoms with van der Waals surface area (Å²) in [6.45, 7) is 5.13. The second-order valence-electron chi connectivity index (χ2n) is 5.46. The fourth-order valence-corrected chi connectivity index (χ4v) is 3.12. The second kappa shape index (κ2) is 6.32. The van der Waals surface area contributed by atoms with Crippen LogP contribution < -0.4 is 0 Å². The lowest BCUT2D eigenvalue weighted by molar-refractivity contribution is 0.0661. The number of aliphatic hydroxyl groups is 1. The van der Waals surface area contributed by atoms with Gasteiger partial charge in [0.2, 0.25) is 0 Å². The first-order valence-corrected chi connectivity index (χ1v) is 7.29. The van der Waals surface area contributed by atoms with E-state index < -0.39 is 0 Å². The zero-order valence-corrected chi connectivity index (χ0v) is 11.5. The van der Waals surface area contributed by atoms with Gasteiger partial charge in [0.05, 0.1) is 6.10 Å². The summed E-state index contributed by atoms with van der Waals surface area (Å²) in [7, 11) is 0. The normalized spacial score (nSPS) is 26.2. The first kappa shape index (κ1) is 13.5. The van der Waals surface area contributed by atoms with Gasteiger partial charge in [-0.2, -0.15) is 5.10 Å². The van der Waals surface area contributed by atoms with E-state index in [1.54, 1.807) is 6.33 Å². The summed E-state index contributed by atoms with van der Waals surface area (Å²) in [5, 5.41) is 14.6. The number of rotatable bonds is 5. The molecule has 0 amide bonds. The van der Waals surface area contributed by atoms with Crippen LogP contribution in [0.25, 0.3) is 0 Å². The van der Waals surface area contributed by atoms with Gasteiger partial charge in [0, 0.05) is 13.0 Å². The van der Waals surface area contributed by atoms with E-state index in [0.717, 1.165) is 24.7 Å². The van der Waals surface area contributed by atoms with Gasteiger partial charge >= 0.3 is 0 Å². The summed E-state index contributed by atoms with van der Waals surface area (Å²) in [5.41, 5.74) is 0. The van der Waals surface area contributed by atoms with Crippen LogP contribution in [-0.4, -0.2) is 26.0 Å². The first-order chi connectivity index (χ1) is 8.74. The molecule has 102 valence electrons. The molecule has 1 aromatic heterocycles. The number of nitrogens with zero attached hydrogens (tertiary/aromatic N) is 3. The monoisotopic (exact) mass is 251 g/mol. The zero-order valence-electron chi connectivity index (χ0n) is 11.5. The van der Waals surface area contributed by atoms with Crippen molar-refractivity contribution < 1.29 is 5.11 Å². The molecule has 1 saturated carbocycles. The van der Waals surface area contributed by atoms with Gasteiger partial charge in [0.15, 0.2) is 0 Å². The highest BCUT2D eigenvalue weighted by molar-refractivity contribution is 4.90. The van der Waals surface area contributed by atoms with Gasteiger partial charge in [-0.3, -0.25) is 4.68 Å². The Morgan fingerprint density at radius 2 is 2.28 bits per heavy atom. The topological polar surface area (TPSA) is 50.9 Å². The van der Waals surface area contributed by atoms with Gasteiger partial charge < -0.3 is 5.11 Å². The zero-order chi connectivity index (χ0) is 13.0. The molecular formula is C14H25N3O. The van der Waals surface area contributed by atoms with E-state index >= 15 is 0 Å². The SMILES string of the molecule is CCC1CCCC(C(O)Cc2ncnn2CC)C1. The molecule has 0 radical (unpaired) electrons. The lowest BCUT2D eigenvalue weighted by atomic mass is 9.77. The standard InChI is InChI=1S/C14H25N3O/c1-3-11-6-5-7-12(8-11)13(18)9-14-15-10-16-17(14)4-2/h10-13,18H,3-9H2,1-2H3. The number of aromatic nitrogens is 3. The van der Waals surface area contributed by atoms with Crippen LogP contribution in [-0.2, 0) is 13.0 Å². The summed E-state index contributed by atoms with van der Waals surface area (Å²) in [6, 6.07) is 0. The van der Waals surface area contributed by atoms with Crippen LogP contribution in [0.1, 0.15) is 51.8 Å². The molecule has 1 aliphatic carbocycles. The molecule has 4 heteroatoms. The van der Waals surface area contributed by atoms with E-state index in [9.17, 15) is 5.11 Å². The Hall–Kier alpha value is -0.900. The van der Waals surface area contributed by atoms with Crippen molar-refractivity contribution in [1.29, 1.82) is 0 Å². The van der Waals surface area contributed by atoms with Crippen molar-refractivity contribution in [2.75, 3.05) is 0 Å². The van der Waals surface area contributed by atoms with Gasteiger partial charge in [-0.15, -0.1) is 0 Å². The quantitative estimate of drug-likeness (QED) is 0.874. The Morgan fingerprint density at radius 3 is 3.00 bits per heavy atom. The van der Waals surface area contributed by atoms with Crippen molar-refractivity contribution in [2.45, 2.75) is 65.0 Å². The maximum absolute atomic E-state index is 10.4. The summed E-state index contributed by atoms with van der Waals surface area (Å²) in [5.74, 6) is 2.18. The van der Waals surface area contributed by atoms with Crippen LogP contribution in [0, 0.1) is 11.8 Å². The predicted octanol–water partition coefficient (Wildman–Crippen LogP) is 2.42. The molecular weight excluding hydrogens is 226 g/mol. The van der Waals surface area contributed by atoms with Crippen LogP contribution in [0.5, 0.6) is 0 Å². The molecule has 18 heavy (non-hydrogen) atoms. The van der Waals surface area contributed by atoms with Gasteiger partial charge in [-0.05, 0) is 31.6 Å². The van der Waals surface area contributed by atoms with Crippen LogP contribution in [0.4, 0.5) is 0 Å². The molecule has 0 spiro atoms. The molecule has 1 aliphatic rings. The van der Waals surface area contributed by atoms with Gasteiger partial charge in [0.25, 0.3) is 0 Å². The van der Waals surface area contributed by atoms with E-state index in [4.69, 9.17) is 0 Å². The lowest BCUT2D eigenvalue weighted by Crippen LogP contribution is -2.29. The molecule has 4 nitrogen and oxygen atoms in total. The van der Waals surface area contributed by atoms with Crippen molar-refractivity contribution in [3.05, 3.63) is 12.2 Å². The minimum Gasteiger partial charge on any atom is -0.392 e. The summed E-state index contributed by atoms with van der Waals surface area (Å²) < 4.78 is 1.88. The predicted molar refractivity (Wildman–Crippen MR) is 71.1 cm³/mol. The molecule has 0 aliphatic heterocycles. The maximum atomic E-state index is 10.4. The van der Waals surface area contributed by atoms with Gasteiger partial charge in [-0.25, -0.2) is 4.98 Å². The Bertz CT molecular complexity index is 364. The van der Waals surface area contributed by atoms with Crippen molar-refractivity contribution in [2.24, 2.45) is 11.8 Å². The molecule has 3 atom stereocenters.